The molecular weight excluding hydrogens is 254 g/mol. The first-order valence-electron chi connectivity index (χ1n) is 7.05. The molecule has 2 heterocycles. The average Bonchev–Trinajstić information content (AvgIpc) is 2.41. The maximum Gasteiger partial charge on any atom is 0.330 e. The second-order valence-corrected chi connectivity index (χ2v) is 6.15. The maximum absolute atomic E-state index is 11.8. The van der Waals surface area contributed by atoms with Crippen molar-refractivity contribution in [2.24, 2.45) is 5.41 Å². The number of hydrogen-bond donors (Lipinski definition) is 0. The van der Waals surface area contributed by atoms with Crippen molar-refractivity contribution in [2.75, 3.05) is 26.2 Å². The minimum Gasteiger partial charge on any atom is -0.367 e. The number of carbonyl (C=O) groups is 1. The summed E-state index contributed by atoms with van der Waals surface area (Å²) in [5.41, 5.74) is 0.623. The summed E-state index contributed by atoms with van der Waals surface area (Å²) in [6.07, 6.45) is 1.82. The molecule has 1 aliphatic heterocycles. The quantitative estimate of drug-likeness (QED) is 0.841. The van der Waals surface area contributed by atoms with Crippen molar-refractivity contribution < 1.29 is 9.63 Å². The van der Waals surface area contributed by atoms with Gasteiger partial charge in [-0.1, -0.05) is 6.07 Å². The molecule has 1 saturated heterocycles. The van der Waals surface area contributed by atoms with Gasteiger partial charge in [-0.3, -0.25) is 9.88 Å². The zero-order valence-corrected chi connectivity index (χ0v) is 12.5. The Balaban J connectivity index is 1.77. The molecule has 1 aromatic heterocycles. The van der Waals surface area contributed by atoms with E-state index in [1.54, 1.807) is 5.06 Å². The fourth-order valence-corrected chi connectivity index (χ4v) is 1.95. The second-order valence-electron chi connectivity index (χ2n) is 6.15. The Morgan fingerprint density at radius 1 is 1.25 bits per heavy atom. The molecular formula is C15H23N3O2. The molecule has 0 bridgehead atoms. The number of carbonyl (C=O) groups excluding carboxylic acids is 1. The first kappa shape index (κ1) is 14.9. The first-order chi connectivity index (χ1) is 9.45. The van der Waals surface area contributed by atoms with Gasteiger partial charge in [0.05, 0.1) is 11.1 Å². The molecule has 0 aromatic carbocycles. The lowest BCUT2D eigenvalue weighted by Crippen LogP contribution is -2.47. The lowest BCUT2D eigenvalue weighted by molar-refractivity contribution is -0.207. The van der Waals surface area contributed by atoms with Crippen molar-refractivity contribution >= 4 is 5.97 Å². The molecule has 0 saturated carbocycles. The molecule has 1 aliphatic rings. The Labute approximate surface area is 120 Å². The van der Waals surface area contributed by atoms with Gasteiger partial charge in [-0.2, -0.15) is 0 Å². The molecule has 0 aliphatic carbocycles. The van der Waals surface area contributed by atoms with Gasteiger partial charge < -0.3 is 4.84 Å². The highest BCUT2D eigenvalue weighted by Gasteiger charge is 2.27. The van der Waals surface area contributed by atoms with Crippen LogP contribution < -0.4 is 0 Å². The second kappa shape index (κ2) is 6.33. The highest BCUT2D eigenvalue weighted by molar-refractivity contribution is 5.75. The van der Waals surface area contributed by atoms with E-state index in [1.807, 2.05) is 45.2 Å². The van der Waals surface area contributed by atoms with E-state index in [-0.39, 0.29) is 5.97 Å². The number of hydroxylamine groups is 2. The Kier molecular flexibility index (Phi) is 4.73. The van der Waals surface area contributed by atoms with Crippen LogP contribution in [0, 0.1) is 5.41 Å². The van der Waals surface area contributed by atoms with E-state index in [9.17, 15) is 4.79 Å². The van der Waals surface area contributed by atoms with E-state index >= 15 is 0 Å². The number of piperazine rings is 1. The van der Waals surface area contributed by atoms with E-state index in [2.05, 4.69) is 9.88 Å². The molecule has 0 spiro atoms. The number of aromatic nitrogens is 1. The van der Waals surface area contributed by atoms with Gasteiger partial charge in [-0.25, -0.2) is 4.79 Å². The third-order valence-corrected chi connectivity index (χ3v) is 3.27. The van der Waals surface area contributed by atoms with Gasteiger partial charge in [0.15, 0.2) is 0 Å². The normalized spacial score (nSPS) is 17.9. The van der Waals surface area contributed by atoms with Crippen molar-refractivity contribution in [3.05, 3.63) is 30.1 Å². The molecule has 110 valence electrons. The van der Waals surface area contributed by atoms with Crippen LogP contribution in [0.25, 0.3) is 0 Å². The summed E-state index contributed by atoms with van der Waals surface area (Å²) in [5.74, 6) is -0.171. The summed E-state index contributed by atoms with van der Waals surface area (Å²) in [6, 6.07) is 5.96. The van der Waals surface area contributed by atoms with Crippen molar-refractivity contribution in [1.29, 1.82) is 0 Å². The number of nitrogens with zero attached hydrogens (tertiary/aromatic N) is 3. The SMILES string of the molecule is CC(C)(C)C(=O)ON1CCN(Cc2ccccn2)CC1. The Morgan fingerprint density at radius 3 is 2.50 bits per heavy atom. The molecule has 0 amide bonds. The zero-order chi connectivity index (χ0) is 14.6. The van der Waals surface area contributed by atoms with Crippen LogP contribution in [0.5, 0.6) is 0 Å². The molecule has 0 atom stereocenters. The Bertz CT molecular complexity index is 434. The van der Waals surface area contributed by atoms with E-state index < -0.39 is 5.41 Å². The number of pyridine rings is 1. The Morgan fingerprint density at radius 2 is 1.95 bits per heavy atom. The smallest absolute Gasteiger partial charge is 0.330 e. The first-order valence-corrected chi connectivity index (χ1v) is 7.05. The Hall–Kier alpha value is -1.46. The largest absolute Gasteiger partial charge is 0.367 e. The summed E-state index contributed by atoms with van der Waals surface area (Å²) in [6.45, 7) is 9.71. The molecule has 5 nitrogen and oxygen atoms in total. The van der Waals surface area contributed by atoms with Crippen LogP contribution in [0.4, 0.5) is 0 Å². The lowest BCUT2D eigenvalue weighted by Gasteiger charge is -2.34. The van der Waals surface area contributed by atoms with Gasteiger partial charge in [-0.05, 0) is 32.9 Å². The van der Waals surface area contributed by atoms with E-state index in [0.717, 1.165) is 38.4 Å². The summed E-state index contributed by atoms with van der Waals surface area (Å²) >= 11 is 0. The van der Waals surface area contributed by atoms with Gasteiger partial charge in [0.1, 0.15) is 0 Å². The van der Waals surface area contributed by atoms with Crippen LogP contribution in [-0.4, -0.2) is 47.1 Å². The molecule has 2 rings (SSSR count). The van der Waals surface area contributed by atoms with Crippen LogP contribution in [0.1, 0.15) is 26.5 Å². The van der Waals surface area contributed by atoms with Crippen LogP contribution in [0.3, 0.4) is 0 Å². The standard InChI is InChI=1S/C15H23N3O2/c1-15(2,3)14(19)20-18-10-8-17(9-11-18)12-13-6-4-5-7-16-13/h4-7H,8-12H2,1-3H3. The third-order valence-electron chi connectivity index (χ3n) is 3.27. The average molecular weight is 277 g/mol. The number of rotatable bonds is 3. The fraction of sp³-hybridized carbons (Fsp3) is 0.600. The highest BCUT2D eigenvalue weighted by Crippen LogP contribution is 2.17. The van der Waals surface area contributed by atoms with E-state index in [1.165, 1.54) is 0 Å². The van der Waals surface area contributed by atoms with Crippen molar-refractivity contribution in [3.63, 3.8) is 0 Å². The molecule has 1 aromatic rings. The van der Waals surface area contributed by atoms with E-state index in [4.69, 9.17) is 4.84 Å². The van der Waals surface area contributed by atoms with Crippen molar-refractivity contribution in [2.45, 2.75) is 27.3 Å². The van der Waals surface area contributed by atoms with Crippen LogP contribution in [-0.2, 0) is 16.2 Å². The zero-order valence-electron chi connectivity index (χ0n) is 12.5. The minimum atomic E-state index is -0.453. The van der Waals surface area contributed by atoms with Gasteiger partial charge in [-0.15, -0.1) is 5.06 Å². The molecule has 20 heavy (non-hydrogen) atoms. The monoisotopic (exact) mass is 277 g/mol. The van der Waals surface area contributed by atoms with Gasteiger partial charge in [0.25, 0.3) is 0 Å². The lowest BCUT2D eigenvalue weighted by atomic mass is 9.98. The maximum atomic E-state index is 11.8. The van der Waals surface area contributed by atoms with Gasteiger partial charge >= 0.3 is 5.97 Å². The number of hydrogen-bond acceptors (Lipinski definition) is 5. The third kappa shape index (κ3) is 4.28. The predicted octanol–water partition coefficient (Wildman–Crippen LogP) is 1.70. The molecule has 0 N–H and O–H groups in total. The fourth-order valence-electron chi connectivity index (χ4n) is 1.95. The predicted molar refractivity (Wildman–Crippen MR) is 76.6 cm³/mol. The minimum absolute atomic E-state index is 0.171. The molecule has 0 unspecified atom stereocenters. The summed E-state index contributed by atoms with van der Waals surface area (Å²) in [7, 11) is 0. The summed E-state index contributed by atoms with van der Waals surface area (Å²) in [5, 5.41) is 1.77. The van der Waals surface area contributed by atoms with Crippen LogP contribution in [0.15, 0.2) is 24.4 Å². The van der Waals surface area contributed by atoms with Gasteiger partial charge in [0, 0.05) is 38.9 Å². The van der Waals surface area contributed by atoms with Crippen molar-refractivity contribution in [1.82, 2.24) is 14.9 Å². The van der Waals surface area contributed by atoms with Crippen LogP contribution in [0.2, 0.25) is 0 Å². The topological polar surface area (TPSA) is 45.7 Å². The highest BCUT2D eigenvalue weighted by atomic mass is 16.7. The summed E-state index contributed by atoms with van der Waals surface area (Å²) in [4.78, 5) is 23.9. The van der Waals surface area contributed by atoms with Gasteiger partial charge in [0.2, 0.25) is 0 Å². The molecule has 5 heteroatoms. The molecule has 1 fully saturated rings. The molecule has 0 radical (unpaired) electrons. The van der Waals surface area contributed by atoms with Crippen LogP contribution >= 0.6 is 0 Å². The van der Waals surface area contributed by atoms with E-state index in [0.29, 0.717) is 0 Å². The summed E-state index contributed by atoms with van der Waals surface area (Å²) < 4.78 is 0. The van der Waals surface area contributed by atoms with Crippen molar-refractivity contribution in [3.8, 4) is 0 Å².